The van der Waals surface area contributed by atoms with Gasteiger partial charge < -0.3 is 14.6 Å². The van der Waals surface area contributed by atoms with E-state index in [4.69, 9.17) is 4.74 Å². The highest BCUT2D eigenvalue weighted by atomic mass is 16.5. The Morgan fingerprint density at radius 1 is 1.25 bits per heavy atom. The molecule has 28 heavy (non-hydrogen) atoms. The zero-order valence-electron chi connectivity index (χ0n) is 16.2. The second kappa shape index (κ2) is 8.44. The number of fused-ring (bicyclic) bond motifs is 1. The number of piperidine rings is 1. The SMILES string of the molecule is COc1cccc(CN2CCC[C@H](NC(=O)Cn3cnc4ccccc43)C2)c1. The first-order chi connectivity index (χ1) is 13.7. The van der Waals surface area contributed by atoms with Gasteiger partial charge in [-0.2, -0.15) is 0 Å². The Morgan fingerprint density at radius 2 is 2.14 bits per heavy atom. The predicted molar refractivity (Wildman–Crippen MR) is 109 cm³/mol. The third-order valence-corrected chi connectivity index (χ3v) is 5.25. The molecular weight excluding hydrogens is 352 g/mol. The van der Waals surface area contributed by atoms with E-state index in [1.165, 1.54) is 5.56 Å². The van der Waals surface area contributed by atoms with Crippen LogP contribution in [0.2, 0.25) is 0 Å². The third kappa shape index (κ3) is 4.34. The van der Waals surface area contributed by atoms with E-state index < -0.39 is 0 Å². The van der Waals surface area contributed by atoms with Gasteiger partial charge in [-0.25, -0.2) is 4.98 Å². The normalized spacial score (nSPS) is 17.5. The zero-order chi connectivity index (χ0) is 19.3. The Morgan fingerprint density at radius 3 is 3.04 bits per heavy atom. The summed E-state index contributed by atoms with van der Waals surface area (Å²) in [5.41, 5.74) is 3.13. The number of ether oxygens (including phenoxy) is 1. The summed E-state index contributed by atoms with van der Waals surface area (Å²) in [7, 11) is 1.69. The molecule has 146 valence electrons. The van der Waals surface area contributed by atoms with Gasteiger partial charge in [0, 0.05) is 19.1 Å². The molecule has 0 spiro atoms. The predicted octanol–water partition coefficient (Wildman–Crippen LogP) is 2.83. The minimum atomic E-state index is 0.0383. The summed E-state index contributed by atoms with van der Waals surface area (Å²) in [6.07, 6.45) is 3.84. The Balaban J connectivity index is 1.33. The first kappa shape index (κ1) is 18.5. The monoisotopic (exact) mass is 378 g/mol. The molecule has 3 aromatic rings. The van der Waals surface area contributed by atoms with Crippen molar-refractivity contribution in [1.82, 2.24) is 19.8 Å². The lowest BCUT2D eigenvalue weighted by atomic mass is 10.0. The molecule has 0 aliphatic carbocycles. The molecule has 1 N–H and O–H groups in total. The van der Waals surface area contributed by atoms with Crippen LogP contribution >= 0.6 is 0 Å². The van der Waals surface area contributed by atoms with Crippen LogP contribution in [0.5, 0.6) is 5.75 Å². The largest absolute Gasteiger partial charge is 0.497 e. The first-order valence-electron chi connectivity index (χ1n) is 9.76. The Hall–Kier alpha value is -2.86. The van der Waals surface area contributed by atoms with E-state index in [9.17, 15) is 4.79 Å². The number of benzene rings is 2. The summed E-state index contributed by atoms with van der Waals surface area (Å²) in [5.74, 6) is 0.920. The number of methoxy groups -OCH3 is 1. The van der Waals surface area contributed by atoms with Crippen LogP contribution in [0.25, 0.3) is 11.0 Å². The summed E-state index contributed by atoms with van der Waals surface area (Å²) in [6, 6.07) is 16.2. The smallest absolute Gasteiger partial charge is 0.240 e. The van der Waals surface area contributed by atoms with Crippen molar-refractivity contribution >= 4 is 16.9 Å². The number of carbonyl (C=O) groups is 1. The minimum Gasteiger partial charge on any atom is -0.497 e. The number of likely N-dealkylation sites (tertiary alicyclic amines) is 1. The molecule has 1 saturated heterocycles. The maximum Gasteiger partial charge on any atom is 0.240 e. The molecule has 4 rings (SSSR count). The van der Waals surface area contributed by atoms with E-state index in [0.717, 1.165) is 49.3 Å². The quantitative estimate of drug-likeness (QED) is 0.717. The molecule has 1 aliphatic rings. The number of hydrogen-bond donors (Lipinski definition) is 1. The van der Waals surface area contributed by atoms with Crippen molar-refractivity contribution in [2.75, 3.05) is 20.2 Å². The lowest BCUT2D eigenvalue weighted by Crippen LogP contribution is -2.48. The zero-order valence-corrected chi connectivity index (χ0v) is 16.2. The van der Waals surface area contributed by atoms with Crippen molar-refractivity contribution in [1.29, 1.82) is 0 Å². The molecule has 0 saturated carbocycles. The maximum atomic E-state index is 12.6. The van der Waals surface area contributed by atoms with Crippen LogP contribution in [0.3, 0.4) is 0 Å². The van der Waals surface area contributed by atoms with Gasteiger partial charge in [0.1, 0.15) is 12.3 Å². The van der Waals surface area contributed by atoms with Gasteiger partial charge in [0.15, 0.2) is 0 Å². The molecule has 0 bridgehead atoms. The lowest BCUT2D eigenvalue weighted by Gasteiger charge is -2.33. The average molecular weight is 378 g/mol. The summed E-state index contributed by atoms with van der Waals surface area (Å²) in [5, 5.41) is 3.21. The van der Waals surface area contributed by atoms with Gasteiger partial charge in [-0.3, -0.25) is 9.69 Å². The Bertz CT molecular complexity index is 952. The van der Waals surface area contributed by atoms with Crippen LogP contribution in [-0.2, 0) is 17.9 Å². The van der Waals surface area contributed by atoms with E-state index >= 15 is 0 Å². The average Bonchev–Trinajstić information content (AvgIpc) is 3.11. The number of nitrogens with zero attached hydrogens (tertiary/aromatic N) is 3. The molecule has 0 unspecified atom stereocenters. The van der Waals surface area contributed by atoms with Crippen LogP contribution < -0.4 is 10.1 Å². The summed E-state index contributed by atoms with van der Waals surface area (Å²) >= 11 is 0. The van der Waals surface area contributed by atoms with E-state index in [-0.39, 0.29) is 11.9 Å². The highest BCUT2D eigenvalue weighted by Crippen LogP contribution is 2.18. The van der Waals surface area contributed by atoms with Gasteiger partial charge in [-0.1, -0.05) is 24.3 Å². The molecule has 1 aromatic heterocycles. The van der Waals surface area contributed by atoms with E-state index in [1.807, 2.05) is 41.0 Å². The summed E-state index contributed by atoms with van der Waals surface area (Å²) < 4.78 is 7.22. The number of amides is 1. The molecular formula is C22H26N4O2. The van der Waals surface area contributed by atoms with Gasteiger partial charge >= 0.3 is 0 Å². The van der Waals surface area contributed by atoms with Gasteiger partial charge in [-0.05, 0) is 49.2 Å². The number of carbonyl (C=O) groups excluding carboxylic acids is 1. The molecule has 6 nitrogen and oxygen atoms in total. The van der Waals surface area contributed by atoms with Crippen molar-refractivity contribution in [3.05, 3.63) is 60.4 Å². The van der Waals surface area contributed by atoms with Crippen LogP contribution in [0, 0.1) is 0 Å². The number of hydrogen-bond acceptors (Lipinski definition) is 4. The second-order valence-electron chi connectivity index (χ2n) is 7.35. The number of rotatable bonds is 6. The summed E-state index contributed by atoms with van der Waals surface area (Å²) in [6.45, 7) is 3.09. The number of imidazole rings is 1. The molecule has 2 aromatic carbocycles. The highest BCUT2D eigenvalue weighted by molar-refractivity contribution is 5.80. The first-order valence-corrected chi connectivity index (χ1v) is 9.76. The van der Waals surface area contributed by atoms with Crippen molar-refractivity contribution < 1.29 is 9.53 Å². The number of nitrogens with one attached hydrogen (secondary N) is 1. The fourth-order valence-corrected chi connectivity index (χ4v) is 3.91. The maximum absolute atomic E-state index is 12.6. The molecule has 1 amide bonds. The molecule has 6 heteroatoms. The van der Waals surface area contributed by atoms with Crippen molar-refractivity contribution in [2.24, 2.45) is 0 Å². The molecule has 0 radical (unpaired) electrons. The second-order valence-corrected chi connectivity index (χ2v) is 7.35. The fourth-order valence-electron chi connectivity index (χ4n) is 3.91. The van der Waals surface area contributed by atoms with Crippen LogP contribution in [0.15, 0.2) is 54.9 Å². The molecule has 1 fully saturated rings. The standard InChI is InChI=1S/C22H26N4O2/c1-28-19-8-4-6-17(12-19)13-25-11-5-7-18(14-25)24-22(27)15-26-16-23-20-9-2-3-10-21(20)26/h2-4,6,8-10,12,16,18H,5,7,11,13-15H2,1H3,(H,24,27)/t18-/m0/s1. The fraction of sp³-hybridized carbons (Fsp3) is 0.364. The number of para-hydroxylation sites is 2. The van der Waals surface area contributed by atoms with Gasteiger partial charge in [0.25, 0.3) is 0 Å². The van der Waals surface area contributed by atoms with Crippen molar-refractivity contribution in [3.8, 4) is 5.75 Å². The van der Waals surface area contributed by atoms with E-state index in [1.54, 1.807) is 13.4 Å². The van der Waals surface area contributed by atoms with Crippen LogP contribution in [-0.4, -0.2) is 46.6 Å². The lowest BCUT2D eigenvalue weighted by molar-refractivity contribution is -0.122. The Labute approximate surface area is 165 Å². The van der Waals surface area contributed by atoms with Gasteiger partial charge in [-0.15, -0.1) is 0 Å². The summed E-state index contributed by atoms with van der Waals surface area (Å²) in [4.78, 5) is 19.3. The van der Waals surface area contributed by atoms with Crippen molar-refractivity contribution in [2.45, 2.75) is 32.0 Å². The van der Waals surface area contributed by atoms with Crippen molar-refractivity contribution in [3.63, 3.8) is 0 Å². The highest BCUT2D eigenvalue weighted by Gasteiger charge is 2.22. The van der Waals surface area contributed by atoms with Crippen LogP contribution in [0.1, 0.15) is 18.4 Å². The molecule has 1 atom stereocenters. The molecule has 2 heterocycles. The van der Waals surface area contributed by atoms with Gasteiger partial charge in [0.05, 0.1) is 24.5 Å². The third-order valence-electron chi connectivity index (χ3n) is 5.25. The molecule has 1 aliphatic heterocycles. The van der Waals surface area contributed by atoms with E-state index in [2.05, 4.69) is 27.3 Å². The van der Waals surface area contributed by atoms with E-state index in [0.29, 0.717) is 6.54 Å². The number of aromatic nitrogens is 2. The Kier molecular flexibility index (Phi) is 5.58. The topological polar surface area (TPSA) is 59.4 Å². The van der Waals surface area contributed by atoms with Gasteiger partial charge in [0.2, 0.25) is 5.91 Å². The minimum absolute atomic E-state index is 0.0383. The van der Waals surface area contributed by atoms with Crippen LogP contribution in [0.4, 0.5) is 0 Å².